The van der Waals surface area contributed by atoms with Gasteiger partial charge in [-0.05, 0) is 31.0 Å². The molecule has 13 heavy (non-hydrogen) atoms. The molecule has 1 aromatic carbocycles. The molecule has 0 aliphatic carbocycles. The predicted molar refractivity (Wildman–Crippen MR) is 54.9 cm³/mol. The summed E-state index contributed by atoms with van der Waals surface area (Å²) in [5.41, 5.74) is 0.779. The zero-order chi connectivity index (χ0) is 9.52. The molecule has 0 saturated carbocycles. The van der Waals surface area contributed by atoms with Crippen molar-refractivity contribution >= 4 is 0 Å². The summed E-state index contributed by atoms with van der Waals surface area (Å²) in [6.07, 6.45) is 3.58. The van der Waals surface area contributed by atoms with Crippen molar-refractivity contribution in [3.8, 4) is 5.75 Å². The van der Waals surface area contributed by atoms with E-state index in [0.717, 1.165) is 24.3 Å². The molecule has 0 atom stereocenters. The molecule has 0 fully saturated rings. The highest BCUT2D eigenvalue weighted by Gasteiger charge is 1.92. The lowest BCUT2D eigenvalue weighted by atomic mass is 10.2. The Hall–Kier alpha value is -0.980. The van der Waals surface area contributed by atoms with Gasteiger partial charge in [0.25, 0.3) is 0 Å². The van der Waals surface area contributed by atoms with Crippen molar-refractivity contribution in [2.24, 2.45) is 0 Å². The number of rotatable bonds is 5. The molecule has 1 heteroatoms. The minimum atomic E-state index is 0.779. The first-order valence-electron chi connectivity index (χ1n) is 4.81. The molecule has 0 aliphatic heterocycles. The highest BCUT2D eigenvalue weighted by molar-refractivity contribution is 5.28. The van der Waals surface area contributed by atoms with E-state index in [9.17, 15) is 0 Å². The van der Waals surface area contributed by atoms with Crippen LogP contribution in [0.2, 0.25) is 0 Å². The van der Waals surface area contributed by atoms with Gasteiger partial charge in [0.05, 0.1) is 6.61 Å². The summed E-state index contributed by atoms with van der Waals surface area (Å²) in [6.45, 7) is 8.53. The zero-order valence-corrected chi connectivity index (χ0v) is 8.12. The van der Waals surface area contributed by atoms with Gasteiger partial charge in [0, 0.05) is 0 Å². The number of hydrogen-bond acceptors (Lipinski definition) is 1. The van der Waals surface area contributed by atoms with Crippen molar-refractivity contribution in [2.75, 3.05) is 6.61 Å². The average molecular weight is 176 g/mol. The van der Waals surface area contributed by atoms with E-state index in [1.54, 1.807) is 0 Å². The van der Waals surface area contributed by atoms with Crippen LogP contribution in [0.3, 0.4) is 0 Å². The monoisotopic (exact) mass is 176 g/mol. The number of benzene rings is 1. The Morgan fingerprint density at radius 3 is 2.46 bits per heavy atom. The van der Waals surface area contributed by atoms with Gasteiger partial charge in [-0.3, -0.25) is 0 Å². The molecular weight excluding hydrogens is 160 g/mol. The summed E-state index contributed by atoms with van der Waals surface area (Å²) in [7, 11) is 0. The third-order valence-electron chi connectivity index (χ3n) is 1.90. The molecule has 0 saturated heterocycles. The smallest absolute Gasteiger partial charge is 0.119 e. The normalized spacial score (nSPS) is 10.0. The van der Waals surface area contributed by atoms with Crippen LogP contribution in [0, 0.1) is 6.92 Å². The molecule has 0 N–H and O–H groups in total. The van der Waals surface area contributed by atoms with E-state index in [1.165, 1.54) is 12.8 Å². The molecule has 0 spiro atoms. The fraction of sp³-hybridized carbons (Fsp3) is 0.417. The van der Waals surface area contributed by atoms with Gasteiger partial charge in [-0.25, -0.2) is 0 Å². The summed E-state index contributed by atoms with van der Waals surface area (Å²) in [6, 6.07) is 7.52. The molecule has 2 radical (unpaired) electrons. The first-order chi connectivity index (χ1) is 6.33. The lowest BCUT2D eigenvalue weighted by Gasteiger charge is -2.05. The Morgan fingerprint density at radius 1 is 1.15 bits per heavy atom. The molecule has 0 amide bonds. The molecule has 1 nitrogen and oxygen atoms in total. The minimum Gasteiger partial charge on any atom is -0.494 e. The largest absolute Gasteiger partial charge is 0.494 e. The summed E-state index contributed by atoms with van der Waals surface area (Å²) in [5.74, 6) is 0.908. The van der Waals surface area contributed by atoms with E-state index in [-0.39, 0.29) is 0 Å². The first kappa shape index (κ1) is 10.1. The van der Waals surface area contributed by atoms with Gasteiger partial charge in [0.1, 0.15) is 5.75 Å². The molecule has 1 rings (SSSR count). The van der Waals surface area contributed by atoms with E-state index in [2.05, 4.69) is 6.92 Å². The zero-order valence-electron chi connectivity index (χ0n) is 8.12. The first-order valence-corrected chi connectivity index (χ1v) is 4.81. The maximum Gasteiger partial charge on any atom is 0.119 e. The van der Waals surface area contributed by atoms with Gasteiger partial charge in [0.2, 0.25) is 0 Å². The maximum atomic E-state index is 5.55. The highest BCUT2D eigenvalue weighted by atomic mass is 16.5. The van der Waals surface area contributed by atoms with Crippen LogP contribution in [0.1, 0.15) is 31.7 Å². The lowest BCUT2D eigenvalue weighted by Crippen LogP contribution is -1.96. The van der Waals surface area contributed by atoms with Crippen LogP contribution in [-0.2, 0) is 0 Å². The van der Waals surface area contributed by atoms with Crippen LogP contribution in [0.5, 0.6) is 5.75 Å². The second kappa shape index (κ2) is 5.63. The lowest BCUT2D eigenvalue weighted by molar-refractivity contribution is 0.306. The molecule has 0 aliphatic rings. The van der Waals surface area contributed by atoms with E-state index < -0.39 is 0 Å². The van der Waals surface area contributed by atoms with Crippen molar-refractivity contribution in [2.45, 2.75) is 26.2 Å². The van der Waals surface area contributed by atoms with Gasteiger partial charge < -0.3 is 4.74 Å². The standard InChI is InChI=1S/C12H16O/c1-3-4-5-10-13-12-8-6-11(2)7-9-12/h2,6-9H,3-5,10H2,1H3. The van der Waals surface area contributed by atoms with Crippen molar-refractivity contribution < 1.29 is 4.74 Å². The topological polar surface area (TPSA) is 9.23 Å². The number of hydrogen-bond donors (Lipinski definition) is 0. The third kappa shape index (κ3) is 3.97. The number of ether oxygens (including phenoxy) is 1. The van der Waals surface area contributed by atoms with Crippen LogP contribution in [0.25, 0.3) is 0 Å². The Bertz CT molecular complexity index is 225. The Morgan fingerprint density at radius 2 is 1.85 bits per heavy atom. The molecule has 70 valence electrons. The summed E-state index contributed by atoms with van der Waals surface area (Å²) >= 11 is 0. The molecular formula is C12H16O. The molecule has 1 aromatic rings. The quantitative estimate of drug-likeness (QED) is 0.625. The second-order valence-corrected chi connectivity index (χ2v) is 3.12. The van der Waals surface area contributed by atoms with Crippen molar-refractivity contribution in [3.05, 3.63) is 36.8 Å². The van der Waals surface area contributed by atoms with Gasteiger partial charge in [-0.1, -0.05) is 31.9 Å². The van der Waals surface area contributed by atoms with Crippen molar-refractivity contribution in [1.82, 2.24) is 0 Å². The SMILES string of the molecule is [CH]c1ccc(OCCCCC)cc1. The van der Waals surface area contributed by atoms with Gasteiger partial charge in [-0.15, -0.1) is 0 Å². The summed E-state index contributed by atoms with van der Waals surface area (Å²) < 4.78 is 5.51. The third-order valence-corrected chi connectivity index (χ3v) is 1.90. The van der Waals surface area contributed by atoms with Gasteiger partial charge in [-0.2, -0.15) is 0 Å². The van der Waals surface area contributed by atoms with Crippen LogP contribution < -0.4 is 4.74 Å². The molecule has 0 heterocycles. The van der Waals surface area contributed by atoms with Crippen LogP contribution in [-0.4, -0.2) is 6.61 Å². The second-order valence-electron chi connectivity index (χ2n) is 3.12. The predicted octanol–water partition coefficient (Wildman–Crippen LogP) is 3.31. The summed E-state index contributed by atoms with van der Waals surface area (Å²) in [4.78, 5) is 0. The number of unbranched alkanes of at least 4 members (excludes halogenated alkanes) is 2. The van der Waals surface area contributed by atoms with E-state index in [1.807, 2.05) is 24.3 Å². The molecule has 0 unspecified atom stereocenters. The van der Waals surface area contributed by atoms with E-state index >= 15 is 0 Å². The van der Waals surface area contributed by atoms with Crippen LogP contribution in [0.4, 0.5) is 0 Å². The van der Waals surface area contributed by atoms with E-state index in [0.29, 0.717) is 0 Å². The van der Waals surface area contributed by atoms with Crippen LogP contribution >= 0.6 is 0 Å². The van der Waals surface area contributed by atoms with E-state index in [4.69, 9.17) is 11.7 Å². The van der Waals surface area contributed by atoms with Gasteiger partial charge in [0.15, 0.2) is 0 Å². The average Bonchev–Trinajstić information content (AvgIpc) is 2.15. The summed E-state index contributed by atoms with van der Waals surface area (Å²) in [5, 5.41) is 0. The van der Waals surface area contributed by atoms with Gasteiger partial charge >= 0.3 is 0 Å². The molecule has 0 aromatic heterocycles. The minimum absolute atomic E-state index is 0.779. The van der Waals surface area contributed by atoms with Crippen molar-refractivity contribution in [1.29, 1.82) is 0 Å². The maximum absolute atomic E-state index is 5.55. The highest BCUT2D eigenvalue weighted by Crippen LogP contribution is 2.11. The molecule has 0 bridgehead atoms. The Kier molecular flexibility index (Phi) is 4.37. The van der Waals surface area contributed by atoms with Crippen molar-refractivity contribution in [3.63, 3.8) is 0 Å². The Balaban J connectivity index is 2.25. The van der Waals surface area contributed by atoms with Crippen LogP contribution in [0.15, 0.2) is 24.3 Å². The fourth-order valence-electron chi connectivity index (χ4n) is 1.11. The fourth-order valence-corrected chi connectivity index (χ4v) is 1.11. The Labute approximate surface area is 80.7 Å².